The molecule has 1 aliphatic heterocycles. The zero-order chi connectivity index (χ0) is 11.4. The van der Waals surface area contributed by atoms with E-state index in [0.717, 1.165) is 6.42 Å². The summed E-state index contributed by atoms with van der Waals surface area (Å²) in [4.78, 5) is 19.6. The van der Waals surface area contributed by atoms with E-state index < -0.39 is 0 Å². The number of nitrogens with one attached hydrogen (secondary N) is 1. The minimum atomic E-state index is -0.0824. The number of methoxy groups -OCH3 is 1. The van der Waals surface area contributed by atoms with Crippen molar-refractivity contribution in [2.45, 2.75) is 6.42 Å². The quantitative estimate of drug-likeness (QED) is 0.805. The number of carbonyl (C=O) groups excluding carboxylic acids is 1. The van der Waals surface area contributed by atoms with Gasteiger partial charge in [-0.1, -0.05) is 0 Å². The van der Waals surface area contributed by atoms with Gasteiger partial charge in [0.1, 0.15) is 5.82 Å². The van der Waals surface area contributed by atoms with Crippen LogP contribution in [0.5, 0.6) is 6.01 Å². The molecular weight excluding hydrogens is 210 g/mol. The van der Waals surface area contributed by atoms with Crippen LogP contribution in [0.15, 0.2) is 12.3 Å². The highest BCUT2D eigenvalue weighted by Crippen LogP contribution is 2.15. The fourth-order valence-corrected chi connectivity index (χ4v) is 1.48. The van der Waals surface area contributed by atoms with Crippen molar-refractivity contribution in [2.24, 2.45) is 5.92 Å². The number of hydrogen-bond acceptors (Lipinski definition) is 5. The van der Waals surface area contributed by atoms with Crippen LogP contribution in [0.4, 0.5) is 5.82 Å². The highest BCUT2D eigenvalue weighted by atomic mass is 16.5. The number of hydrogen-bond donors (Lipinski definition) is 1. The normalized spacial score (nSPS) is 19.4. The first-order valence-electron chi connectivity index (χ1n) is 5.05. The van der Waals surface area contributed by atoms with Gasteiger partial charge >= 0.3 is 6.01 Å². The Hall–Kier alpha value is -1.69. The van der Waals surface area contributed by atoms with Crippen molar-refractivity contribution in [3.63, 3.8) is 0 Å². The monoisotopic (exact) mass is 223 g/mol. The molecular formula is C10H13N3O3. The van der Waals surface area contributed by atoms with Crippen LogP contribution in [0.25, 0.3) is 0 Å². The SMILES string of the molecule is COc1nccc(NC(=O)C2CCOC2)n1. The lowest BCUT2D eigenvalue weighted by Crippen LogP contribution is -2.23. The van der Waals surface area contributed by atoms with Crippen LogP contribution in [0.3, 0.4) is 0 Å². The summed E-state index contributed by atoms with van der Waals surface area (Å²) in [5.41, 5.74) is 0. The number of amides is 1. The minimum absolute atomic E-state index is 0.0711. The summed E-state index contributed by atoms with van der Waals surface area (Å²) in [7, 11) is 1.48. The van der Waals surface area contributed by atoms with Gasteiger partial charge in [0.05, 0.1) is 19.6 Å². The van der Waals surface area contributed by atoms with Gasteiger partial charge in [0.15, 0.2) is 0 Å². The van der Waals surface area contributed by atoms with Crippen molar-refractivity contribution in [3.05, 3.63) is 12.3 Å². The molecule has 1 aromatic rings. The second-order valence-corrected chi connectivity index (χ2v) is 3.48. The topological polar surface area (TPSA) is 73.3 Å². The second-order valence-electron chi connectivity index (χ2n) is 3.48. The maximum absolute atomic E-state index is 11.7. The van der Waals surface area contributed by atoms with Gasteiger partial charge in [-0.15, -0.1) is 0 Å². The molecule has 1 aromatic heterocycles. The van der Waals surface area contributed by atoms with Crippen LogP contribution in [0.1, 0.15) is 6.42 Å². The second kappa shape index (κ2) is 4.89. The summed E-state index contributed by atoms with van der Waals surface area (Å²) in [5, 5.41) is 2.71. The maximum Gasteiger partial charge on any atom is 0.318 e. The van der Waals surface area contributed by atoms with Crippen LogP contribution in [0.2, 0.25) is 0 Å². The van der Waals surface area contributed by atoms with E-state index in [2.05, 4.69) is 15.3 Å². The number of carbonyl (C=O) groups is 1. The molecule has 1 unspecified atom stereocenters. The maximum atomic E-state index is 11.7. The molecule has 0 aromatic carbocycles. The molecule has 1 fully saturated rings. The van der Waals surface area contributed by atoms with Crippen molar-refractivity contribution in [1.82, 2.24) is 9.97 Å². The van der Waals surface area contributed by atoms with E-state index in [-0.39, 0.29) is 17.8 Å². The van der Waals surface area contributed by atoms with Crippen molar-refractivity contribution < 1.29 is 14.3 Å². The van der Waals surface area contributed by atoms with Gasteiger partial charge in [-0.2, -0.15) is 4.98 Å². The third kappa shape index (κ3) is 2.46. The van der Waals surface area contributed by atoms with Crippen LogP contribution in [0, 0.1) is 5.92 Å². The van der Waals surface area contributed by atoms with E-state index >= 15 is 0 Å². The predicted octanol–water partition coefficient (Wildman–Crippen LogP) is 0.460. The van der Waals surface area contributed by atoms with Gasteiger partial charge < -0.3 is 14.8 Å². The van der Waals surface area contributed by atoms with Crippen molar-refractivity contribution in [1.29, 1.82) is 0 Å². The molecule has 0 saturated carbocycles. The lowest BCUT2D eigenvalue weighted by molar-refractivity contribution is -0.119. The van der Waals surface area contributed by atoms with E-state index in [1.165, 1.54) is 13.3 Å². The van der Waals surface area contributed by atoms with Gasteiger partial charge in [-0.05, 0) is 12.5 Å². The molecule has 0 bridgehead atoms. The van der Waals surface area contributed by atoms with Gasteiger partial charge in [-0.25, -0.2) is 4.98 Å². The van der Waals surface area contributed by atoms with Gasteiger partial charge in [0, 0.05) is 12.8 Å². The smallest absolute Gasteiger partial charge is 0.318 e. The fraction of sp³-hybridized carbons (Fsp3) is 0.500. The predicted molar refractivity (Wildman–Crippen MR) is 56.1 cm³/mol. The van der Waals surface area contributed by atoms with E-state index in [1.54, 1.807) is 6.07 Å². The highest BCUT2D eigenvalue weighted by Gasteiger charge is 2.23. The minimum Gasteiger partial charge on any atom is -0.467 e. The van der Waals surface area contributed by atoms with E-state index in [9.17, 15) is 4.79 Å². The molecule has 1 amide bonds. The first kappa shape index (κ1) is 10.8. The first-order valence-corrected chi connectivity index (χ1v) is 5.05. The number of anilines is 1. The summed E-state index contributed by atoms with van der Waals surface area (Å²) in [6.45, 7) is 1.12. The Bertz CT molecular complexity index is 377. The highest BCUT2D eigenvalue weighted by molar-refractivity contribution is 5.91. The molecule has 16 heavy (non-hydrogen) atoms. The molecule has 1 N–H and O–H groups in total. The molecule has 6 heteroatoms. The molecule has 1 saturated heterocycles. The lowest BCUT2D eigenvalue weighted by atomic mass is 10.1. The Balaban J connectivity index is 1.99. The average Bonchev–Trinajstić information content (AvgIpc) is 2.83. The van der Waals surface area contributed by atoms with Crippen molar-refractivity contribution in [3.8, 4) is 6.01 Å². The molecule has 2 rings (SSSR count). The zero-order valence-electron chi connectivity index (χ0n) is 8.97. The lowest BCUT2D eigenvalue weighted by Gasteiger charge is -2.08. The number of rotatable bonds is 3. The molecule has 0 aliphatic carbocycles. The average molecular weight is 223 g/mol. The standard InChI is InChI=1S/C10H13N3O3/c1-15-10-11-4-2-8(13-10)12-9(14)7-3-5-16-6-7/h2,4,7H,3,5-6H2,1H3,(H,11,12,13,14). The Kier molecular flexibility index (Phi) is 3.31. The molecule has 86 valence electrons. The molecule has 0 radical (unpaired) electrons. The third-order valence-corrected chi connectivity index (χ3v) is 2.37. The van der Waals surface area contributed by atoms with Gasteiger partial charge in [-0.3, -0.25) is 4.79 Å². The van der Waals surface area contributed by atoms with Gasteiger partial charge in [0.2, 0.25) is 5.91 Å². The van der Waals surface area contributed by atoms with Gasteiger partial charge in [0.25, 0.3) is 0 Å². The van der Waals surface area contributed by atoms with E-state index in [0.29, 0.717) is 19.0 Å². The summed E-state index contributed by atoms with van der Waals surface area (Å²) < 4.78 is 10.0. The molecule has 1 atom stereocenters. The van der Waals surface area contributed by atoms with Crippen LogP contribution < -0.4 is 10.1 Å². The largest absolute Gasteiger partial charge is 0.467 e. The Morgan fingerprint density at radius 2 is 2.56 bits per heavy atom. The van der Waals surface area contributed by atoms with Crippen molar-refractivity contribution in [2.75, 3.05) is 25.6 Å². The van der Waals surface area contributed by atoms with Crippen molar-refractivity contribution >= 4 is 11.7 Å². The summed E-state index contributed by atoms with van der Waals surface area (Å²) >= 11 is 0. The molecule has 2 heterocycles. The fourth-order valence-electron chi connectivity index (χ4n) is 1.48. The van der Waals surface area contributed by atoms with Crippen LogP contribution >= 0.6 is 0 Å². The van der Waals surface area contributed by atoms with Crippen LogP contribution in [-0.2, 0) is 9.53 Å². The van der Waals surface area contributed by atoms with Crippen LogP contribution in [-0.4, -0.2) is 36.2 Å². The molecule has 0 spiro atoms. The Labute approximate surface area is 93.0 Å². The molecule has 1 aliphatic rings. The Morgan fingerprint density at radius 3 is 3.25 bits per heavy atom. The number of ether oxygens (including phenoxy) is 2. The third-order valence-electron chi connectivity index (χ3n) is 2.37. The van der Waals surface area contributed by atoms with E-state index in [4.69, 9.17) is 9.47 Å². The number of nitrogens with zero attached hydrogens (tertiary/aromatic N) is 2. The summed E-state index contributed by atoms with van der Waals surface area (Å²) in [6, 6.07) is 1.86. The van der Waals surface area contributed by atoms with E-state index in [1.807, 2.05) is 0 Å². The zero-order valence-corrected chi connectivity index (χ0v) is 8.97. The summed E-state index contributed by atoms with van der Waals surface area (Å²) in [6.07, 6.45) is 2.29. The first-order chi connectivity index (χ1) is 7.79. The summed E-state index contributed by atoms with van der Waals surface area (Å²) in [5.74, 6) is 0.294. The number of aromatic nitrogens is 2. The molecule has 6 nitrogen and oxygen atoms in total. The Morgan fingerprint density at radius 1 is 1.69 bits per heavy atom.